The number of aromatic nitrogens is 6. The zero-order valence-electron chi connectivity index (χ0n) is 15.9. The monoisotopic (exact) mass is 401 g/mol. The zero-order chi connectivity index (χ0) is 20.7. The molecule has 5 rings (SSSR count). The van der Waals surface area contributed by atoms with Gasteiger partial charge in [-0.1, -0.05) is 30.3 Å². The van der Waals surface area contributed by atoms with Crippen molar-refractivity contribution in [1.29, 1.82) is 0 Å². The minimum Gasteiger partial charge on any atom is -0.323 e. The molecule has 5 aromatic rings. The number of aromatic amines is 1. The lowest BCUT2D eigenvalue weighted by molar-refractivity contribution is 0.608. The van der Waals surface area contributed by atoms with Gasteiger partial charge in [0.05, 0.1) is 29.5 Å². The maximum Gasteiger partial charge on any atom is 0.263 e. The van der Waals surface area contributed by atoms with Crippen molar-refractivity contribution in [3.8, 4) is 11.4 Å². The lowest BCUT2D eigenvalue weighted by atomic mass is 10.3. The molecule has 3 aromatic heterocycles. The molecular formula is C21H16FN7O. The van der Waals surface area contributed by atoms with Crippen molar-refractivity contribution in [3.05, 3.63) is 88.9 Å². The predicted octanol–water partition coefficient (Wildman–Crippen LogP) is 3.49. The molecule has 0 saturated carbocycles. The van der Waals surface area contributed by atoms with Crippen molar-refractivity contribution in [2.24, 2.45) is 0 Å². The standard InChI is InChI=1S/C21H16FN7O/c1-13-17(12-24-28(13)18-10-6-5-9-16(18)22)25-21-26-19-15(20(30)27-21)11-23-29(19)14-7-3-2-4-8-14/h2-12H,1H3,(H2,25,26,27,30). The van der Waals surface area contributed by atoms with E-state index in [2.05, 4.69) is 25.5 Å². The first-order valence-corrected chi connectivity index (χ1v) is 9.22. The van der Waals surface area contributed by atoms with Crippen LogP contribution in [0.15, 0.2) is 71.8 Å². The summed E-state index contributed by atoms with van der Waals surface area (Å²) in [5.41, 5.74) is 2.49. The number of nitrogens with zero attached hydrogens (tertiary/aromatic N) is 5. The Bertz CT molecular complexity index is 1420. The van der Waals surface area contributed by atoms with Crippen molar-refractivity contribution >= 4 is 22.7 Å². The van der Waals surface area contributed by atoms with E-state index < -0.39 is 0 Å². The summed E-state index contributed by atoms with van der Waals surface area (Å²) in [5.74, 6) is -0.142. The van der Waals surface area contributed by atoms with Gasteiger partial charge in [0, 0.05) is 0 Å². The summed E-state index contributed by atoms with van der Waals surface area (Å²) in [6.45, 7) is 1.80. The molecule has 8 nitrogen and oxygen atoms in total. The number of benzene rings is 2. The number of anilines is 2. The number of hydrogen-bond donors (Lipinski definition) is 2. The second kappa shape index (κ2) is 6.96. The fourth-order valence-corrected chi connectivity index (χ4v) is 3.26. The third-order valence-corrected chi connectivity index (χ3v) is 4.78. The van der Waals surface area contributed by atoms with Crippen molar-refractivity contribution < 1.29 is 4.39 Å². The van der Waals surface area contributed by atoms with Gasteiger partial charge in [-0.25, -0.2) is 13.8 Å². The maximum atomic E-state index is 14.1. The smallest absolute Gasteiger partial charge is 0.263 e. The highest BCUT2D eigenvalue weighted by Gasteiger charge is 2.15. The number of rotatable bonds is 4. The fourth-order valence-electron chi connectivity index (χ4n) is 3.26. The van der Waals surface area contributed by atoms with Crippen LogP contribution in [0.2, 0.25) is 0 Å². The topological polar surface area (TPSA) is 93.4 Å². The Hall–Kier alpha value is -4.27. The van der Waals surface area contributed by atoms with E-state index in [1.807, 2.05) is 30.3 Å². The number of hydrogen-bond acceptors (Lipinski definition) is 5. The van der Waals surface area contributed by atoms with E-state index in [1.165, 1.54) is 16.9 Å². The second-order valence-electron chi connectivity index (χ2n) is 6.68. The molecule has 0 amide bonds. The number of halogens is 1. The molecule has 0 aliphatic rings. The molecule has 30 heavy (non-hydrogen) atoms. The highest BCUT2D eigenvalue weighted by Crippen LogP contribution is 2.23. The minimum absolute atomic E-state index is 0.237. The van der Waals surface area contributed by atoms with Crippen LogP contribution in [-0.4, -0.2) is 29.5 Å². The highest BCUT2D eigenvalue weighted by atomic mass is 19.1. The molecule has 0 unspecified atom stereocenters. The molecular weight excluding hydrogens is 385 g/mol. The Morgan fingerprint density at radius 3 is 2.50 bits per heavy atom. The molecule has 0 aliphatic carbocycles. The van der Waals surface area contributed by atoms with E-state index in [9.17, 15) is 9.18 Å². The predicted molar refractivity (Wildman–Crippen MR) is 111 cm³/mol. The number of para-hydroxylation sites is 2. The van der Waals surface area contributed by atoms with Crippen LogP contribution in [0.5, 0.6) is 0 Å². The van der Waals surface area contributed by atoms with Crippen LogP contribution < -0.4 is 10.9 Å². The Kier molecular flexibility index (Phi) is 4.13. The van der Waals surface area contributed by atoms with Crippen molar-refractivity contribution in [2.45, 2.75) is 6.92 Å². The largest absolute Gasteiger partial charge is 0.323 e. The molecule has 2 N–H and O–H groups in total. The van der Waals surface area contributed by atoms with Gasteiger partial charge in [-0.15, -0.1) is 0 Å². The van der Waals surface area contributed by atoms with Gasteiger partial charge in [0.1, 0.15) is 16.9 Å². The zero-order valence-corrected chi connectivity index (χ0v) is 15.9. The van der Waals surface area contributed by atoms with Crippen LogP contribution in [0, 0.1) is 12.7 Å². The van der Waals surface area contributed by atoms with Crippen LogP contribution in [0.3, 0.4) is 0 Å². The number of nitrogens with one attached hydrogen (secondary N) is 2. The molecule has 148 valence electrons. The third kappa shape index (κ3) is 2.93. The minimum atomic E-state index is -0.380. The maximum absolute atomic E-state index is 14.1. The fraction of sp³-hybridized carbons (Fsp3) is 0.0476. The van der Waals surface area contributed by atoms with Gasteiger partial charge in [-0.2, -0.15) is 15.2 Å². The Labute approximate surface area is 169 Å². The first-order chi connectivity index (χ1) is 14.6. The lowest BCUT2D eigenvalue weighted by Crippen LogP contribution is -2.12. The average molecular weight is 401 g/mol. The third-order valence-electron chi connectivity index (χ3n) is 4.78. The molecule has 0 saturated heterocycles. The van der Waals surface area contributed by atoms with Crippen LogP contribution >= 0.6 is 0 Å². The van der Waals surface area contributed by atoms with Gasteiger partial charge >= 0.3 is 0 Å². The Morgan fingerprint density at radius 1 is 0.967 bits per heavy atom. The normalized spacial score (nSPS) is 11.1. The molecule has 0 bridgehead atoms. The molecule has 0 spiro atoms. The van der Waals surface area contributed by atoms with Crippen molar-refractivity contribution in [2.75, 3.05) is 5.32 Å². The van der Waals surface area contributed by atoms with E-state index in [-0.39, 0.29) is 17.3 Å². The number of H-pyrrole nitrogens is 1. The Balaban J connectivity index is 1.55. The molecule has 0 radical (unpaired) electrons. The van der Waals surface area contributed by atoms with Crippen molar-refractivity contribution in [3.63, 3.8) is 0 Å². The van der Waals surface area contributed by atoms with Gasteiger partial charge < -0.3 is 5.32 Å². The summed E-state index contributed by atoms with van der Waals surface area (Å²) in [7, 11) is 0. The average Bonchev–Trinajstić information content (AvgIpc) is 3.34. The van der Waals surface area contributed by atoms with Crippen molar-refractivity contribution in [1.82, 2.24) is 29.5 Å². The lowest BCUT2D eigenvalue weighted by Gasteiger charge is -2.08. The van der Waals surface area contributed by atoms with Gasteiger partial charge in [0.25, 0.3) is 5.56 Å². The SMILES string of the molecule is Cc1c(Nc2nc3c(cnn3-c3ccccc3)c(=O)[nH]2)cnn1-c1ccccc1F. The molecule has 9 heteroatoms. The van der Waals surface area contributed by atoms with E-state index in [0.29, 0.717) is 28.1 Å². The summed E-state index contributed by atoms with van der Waals surface area (Å²) in [6.07, 6.45) is 3.04. The van der Waals surface area contributed by atoms with Crippen LogP contribution in [0.1, 0.15) is 5.69 Å². The quantitative estimate of drug-likeness (QED) is 0.481. The van der Waals surface area contributed by atoms with Crippen LogP contribution in [0.25, 0.3) is 22.4 Å². The highest BCUT2D eigenvalue weighted by molar-refractivity contribution is 5.77. The Morgan fingerprint density at radius 2 is 1.70 bits per heavy atom. The van der Waals surface area contributed by atoms with E-state index >= 15 is 0 Å². The summed E-state index contributed by atoms with van der Waals surface area (Å²) in [4.78, 5) is 19.8. The van der Waals surface area contributed by atoms with Gasteiger partial charge in [0.15, 0.2) is 5.65 Å². The first-order valence-electron chi connectivity index (χ1n) is 9.22. The molecule has 0 fully saturated rings. The van der Waals surface area contributed by atoms with E-state index in [4.69, 9.17) is 0 Å². The van der Waals surface area contributed by atoms with Crippen LogP contribution in [0.4, 0.5) is 16.0 Å². The van der Waals surface area contributed by atoms with Gasteiger partial charge in [-0.05, 0) is 31.2 Å². The molecule has 0 atom stereocenters. The summed E-state index contributed by atoms with van der Waals surface area (Å²) >= 11 is 0. The van der Waals surface area contributed by atoms with Gasteiger partial charge in [-0.3, -0.25) is 9.78 Å². The molecule has 2 aromatic carbocycles. The summed E-state index contributed by atoms with van der Waals surface area (Å²) in [6, 6.07) is 15.8. The van der Waals surface area contributed by atoms with E-state index in [1.54, 1.807) is 36.0 Å². The molecule has 3 heterocycles. The van der Waals surface area contributed by atoms with Gasteiger partial charge in [0.2, 0.25) is 5.95 Å². The molecule has 0 aliphatic heterocycles. The second-order valence-corrected chi connectivity index (χ2v) is 6.68. The number of fused-ring (bicyclic) bond motifs is 1. The summed E-state index contributed by atoms with van der Waals surface area (Å²) in [5, 5.41) is 12.0. The van der Waals surface area contributed by atoms with Crippen LogP contribution in [-0.2, 0) is 0 Å². The summed E-state index contributed by atoms with van der Waals surface area (Å²) < 4.78 is 17.2. The first kappa shape index (κ1) is 17.8. The van der Waals surface area contributed by atoms with E-state index in [0.717, 1.165) is 5.69 Å².